The van der Waals surface area contributed by atoms with E-state index in [1.165, 1.54) is 0 Å². The lowest BCUT2D eigenvalue weighted by Crippen LogP contribution is -2.39. The highest BCUT2D eigenvalue weighted by molar-refractivity contribution is 7.09. The maximum Gasteiger partial charge on any atom is 0.318 e. The smallest absolute Gasteiger partial charge is 0.318 e. The third-order valence-electron chi connectivity index (χ3n) is 4.30. The van der Waals surface area contributed by atoms with Gasteiger partial charge in [-0.15, -0.1) is 11.3 Å². The van der Waals surface area contributed by atoms with Crippen LogP contribution in [0.2, 0.25) is 0 Å². The Hall–Kier alpha value is -2.21. The Balaban J connectivity index is 1.76. The van der Waals surface area contributed by atoms with Gasteiger partial charge in [-0.05, 0) is 42.5 Å². The fourth-order valence-corrected chi connectivity index (χ4v) is 3.75. The number of hydrogen-bond donors (Lipinski definition) is 1. The van der Waals surface area contributed by atoms with E-state index in [1.54, 1.807) is 25.6 Å². The van der Waals surface area contributed by atoms with Gasteiger partial charge in [-0.2, -0.15) is 0 Å². The predicted molar refractivity (Wildman–Crippen MR) is 94.8 cm³/mol. The van der Waals surface area contributed by atoms with E-state index in [9.17, 15) is 4.79 Å². The third kappa shape index (κ3) is 3.48. The molecular weight excluding hydrogens is 324 g/mol. The minimum atomic E-state index is -0.0317. The van der Waals surface area contributed by atoms with E-state index in [-0.39, 0.29) is 12.1 Å². The molecule has 1 unspecified atom stereocenters. The number of hydrogen-bond acceptors (Lipinski definition) is 4. The first-order chi connectivity index (χ1) is 11.7. The highest BCUT2D eigenvalue weighted by atomic mass is 32.1. The van der Waals surface area contributed by atoms with Gasteiger partial charge in [0.05, 0.1) is 26.8 Å². The SMILES string of the molecule is COc1ccc(OC)c(C2CCCN2C(=O)NCc2cccs2)c1. The quantitative estimate of drug-likeness (QED) is 0.895. The van der Waals surface area contributed by atoms with Gasteiger partial charge in [0.15, 0.2) is 0 Å². The van der Waals surface area contributed by atoms with Crippen molar-refractivity contribution < 1.29 is 14.3 Å². The van der Waals surface area contributed by atoms with Crippen molar-refractivity contribution in [3.8, 4) is 11.5 Å². The summed E-state index contributed by atoms with van der Waals surface area (Å²) < 4.78 is 10.8. The number of ether oxygens (including phenoxy) is 2. The molecule has 0 aliphatic carbocycles. The average Bonchev–Trinajstić information content (AvgIpc) is 3.30. The Kier molecular flexibility index (Phi) is 5.25. The van der Waals surface area contributed by atoms with Crippen molar-refractivity contribution in [2.45, 2.75) is 25.4 Å². The molecule has 2 heterocycles. The van der Waals surface area contributed by atoms with Crippen molar-refractivity contribution in [1.29, 1.82) is 0 Å². The average molecular weight is 346 g/mol. The van der Waals surface area contributed by atoms with Crippen LogP contribution in [0.15, 0.2) is 35.7 Å². The summed E-state index contributed by atoms with van der Waals surface area (Å²) in [4.78, 5) is 15.7. The van der Waals surface area contributed by atoms with E-state index >= 15 is 0 Å². The molecule has 6 heteroatoms. The summed E-state index contributed by atoms with van der Waals surface area (Å²) in [6, 6.07) is 9.74. The van der Waals surface area contributed by atoms with Crippen LogP contribution in [0.4, 0.5) is 4.79 Å². The molecule has 1 aliphatic rings. The highest BCUT2D eigenvalue weighted by Gasteiger charge is 2.32. The number of carbonyl (C=O) groups excluding carboxylic acids is 1. The molecular formula is C18H22N2O3S. The molecule has 2 aromatic rings. The summed E-state index contributed by atoms with van der Waals surface area (Å²) in [6.45, 7) is 1.32. The number of methoxy groups -OCH3 is 2. The van der Waals surface area contributed by atoms with E-state index in [0.29, 0.717) is 6.54 Å². The van der Waals surface area contributed by atoms with Crippen molar-refractivity contribution in [2.75, 3.05) is 20.8 Å². The molecule has 24 heavy (non-hydrogen) atoms. The molecule has 0 saturated carbocycles. The zero-order valence-electron chi connectivity index (χ0n) is 14.0. The summed E-state index contributed by atoms with van der Waals surface area (Å²) >= 11 is 1.65. The highest BCUT2D eigenvalue weighted by Crippen LogP contribution is 2.38. The van der Waals surface area contributed by atoms with E-state index in [2.05, 4.69) is 5.32 Å². The molecule has 1 aromatic heterocycles. The first-order valence-electron chi connectivity index (χ1n) is 8.01. The lowest BCUT2D eigenvalue weighted by molar-refractivity contribution is 0.191. The summed E-state index contributed by atoms with van der Waals surface area (Å²) in [5.41, 5.74) is 1.00. The fraction of sp³-hybridized carbons (Fsp3) is 0.389. The van der Waals surface area contributed by atoms with Gasteiger partial charge in [0.2, 0.25) is 0 Å². The first-order valence-corrected chi connectivity index (χ1v) is 8.89. The third-order valence-corrected chi connectivity index (χ3v) is 5.18. The minimum absolute atomic E-state index is 0.0124. The number of carbonyl (C=O) groups is 1. The summed E-state index contributed by atoms with van der Waals surface area (Å²) in [5.74, 6) is 1.57. The normalized spacial score (nSPS) is 16.9. The van der Waals surface area contributed by atoms with E-state index < -0.39 is 0 Å². The molecule has 0 bridgehead atoms. The summed E-state index contributed by atoms with van der Waals surface area (Å²) in [6.07, 6.45) is 1.91. The number of urea groups is 1. The molecule has 1 aromatic carbocycles. The molecule has 0 spiro atoms. The van der Waals surface area contributed by atoms with Crippen LogP contribution in [0.1, 0.15) is 29.3 Å². The largest absolute Gasteiger partial charge is 0.497 e. The number of benzene rings is 1. The second kappa shape index (κ2) is 7.57. The Bertz CT molecular complexity index is 688. The van der Waals surface area contributed by atoms with Gasteiger partial charge in [0.25, 0.3) is 0 Å². The second-order valence-electron chi connectivity index (χ2n) is 5.70. The fourth-order valence-electron chi connectivity index (χ4n) is 3.11. The topological polar surface area (TPSA) is 50.8 Å². The molecule has 2 amide bonds. The van der Waals surface area contributed by atoms with Gasteiger partial charge >= 0.3 is 6.03 Å². The van der Waals surface area contributed by atoms with Gasteiger partial charge in [0, 0.05) is 17.0 Å². The minimum Gasteiger partial charge on any atom is -0.497 e. The van der Waals surface area contributed by atoms with Crippen LogP contribution in [0, 0.1) is 0 Å². The molecule has 1 aliphatic heterocycles. The van der Waals surface area contributed by atoms with Gasteiger partial charge in [-0.25, -0.2) is 4.79 Å². The monoisotopic (exact) mass is 346 g/mol. The number of likely N-dealkylation sites (tertiary alicyclic amines) is 1. The Morgan fingerprint density at radius 1 is 1.33 bits per heavy atom. The van der Waals surface area contributed by atoms with Gasteiger partial charge in [-0.3, -0.25) is 0 Å². The summed E-state index contributed by atoms with van der Waals surface area (Å²) in [5, 5.41) is 5.03. The maximum atomic E-state index is 12.6. The van der Waals surface area contributed by atoms with Crippen molar-refractivity contribution in [3.05, 3.63) is 46.2 Å². The summed E-state index contributed by atoms with van der Waals surface area (Å²) in [7, 11) is 3.30. The Morgan fingerprint density at radius 2 is 2.21 bits per heavy atom. The van der Waals surface area contributed by atoms with E-state index in [4.69, 9.17) is 9.47 Å². The second-order valence-corrected chi connectivity index (χ2v) is 6.73. The maximum absolute atomic E-state index is 12.6. The number of thiophene rings is 1. The van der Waals surface area contributed by atoms with E-state index in [1.807, 2.05) is 40.6 Å². The van der Waals surface area contributed by atoms with Gasteiger partial charge in [0.1, 0.15) is 11.5 Å². The zero-order chi connectivity index (χ0) is 16.9. The molecule has 3 rings (SSSR count). The van der Waals surface area contributed by atoms with Crippen LogP contribution in [0.25, 0.3) is 0 Å². The Morgan fingerprint density at radius 3 is 2.92 bits per heavy atom. The number of nitrogens with zero attached hydrogens (tertiary/aromatic N) is 1. The standard InChI is InChI=1S/C18H22N2O3S/c1-22-13-7-8-17(23-2)15(11-13)16-6-3-9-20(16)18(21)19-12-14-5-4-10-24-14/h4-5,7-8,10-11,16H,3,6,9,12H2,1-2H3,(H,19,21). The van der Waals surface area contributed by atoms with Crippen LogP contribution in [-0.4, -0.2) is 31.7 Å². The lowest BCUT2D eigenvalue weighted by Gasteiger charge is -2.26. The molecule has 1 N–H and O–H groups in total. The number of amides is 2. The Labute approximate surface area is 146 Å². The van der Waals surface area contributed by atoms with Gasteiger partial charge < -0.3 is 19.7 Å². The molecule has 0 radical (unpaired) electrons. The lowest BCUT2D eigenvalue weighted by atomic mass is 10.0. The van der Waals surface area contributed by atoms with Crippen molar-refractivity contribution in [2.24, 2.45) is 0 Å². The van der Waals surface area contributed by atoms with Crippen molar-refractivity contribution in [1.82, 2.24) is 10.2 Å². The van der Waals surface area contributed by atoms with Crippen LogP contribution in [-0.2, 0) is 6.54 Å². The van der Waals surface area contributed by atoms with E-state index in [0.717, 1.165) is 41.3 Å². The molecule has 1 fully saturated rings. The number of nitrogens with one attached hydrogen (secondary N) is 1. The van der Waals surface area contributed by atoms with Gasteiger partial charge in [-0.1, -0.05) is 6.07 Å². The molecule has 1 saturated heterocycles. The van der Waals surface area contributed by atoms with Crippen LogP contribution < -0.4 is 14.8 Å². The molecule has 128 valence electrons. The first kappa shape index (κ1) is 16.6. The van der Waals surface area contributed by atoms with Crippen molar-refractivity contribution >= 4 is 17.4 Å². The van der Waals surface area contributed by atoms with Crippen LogP contribution in [0.5, 0.6) is 11.5 Å². The number of rotatable bonds is 5. The van der Waals surface area contributed by atoms with Crippen LogP contribution >= 0.6 is 11.3 Å². The van der Waals surface area contributed by atoms with Crippen LogP contribution in [0.3, 0.4) is 0 Å². The molecule has 1 atom stereocenters. The zero-order valence-corrected chi connectivity index (χ0v) is 14.8. The van der Waals surface area contributed by atoms with Crippen molar-refractivity contribution in [3.63, 3.8) is 0 Å². The predicted octanol–water partition coefficient (Wildman–Crippen LogP) is 3.81. The molecule has 5 nitrogen and oxygen atoms in total.